The molecule has 6 nitrogen and oxygen atoms in total. The summed E-state index contributed by atoms with van der Waals surface area (Å²) in [6.45, 7) is 6.63. The van der Waals surface area contributed by atoms with Crippen molar-refractivity contribution in [2.45, 2.75) is 335 Å². The van der Waals surface area contributed by atoms with Crippen LogP contribution in [0.4, 0.5) is 0 Å². The van der Waals surface area contributed by atoms with Crippen molar-refractivity contribution >= 4 is 17.9 Å². The van der Waals surface area contributed by atoms with Crippen LogP contribution in [0.3, 0.4) is 0 Å². The van der Waals surface area contributed by atoms with E-state index in [0.717, 1.165) is 89.9 Å². The van der Waals surface area contributed by atoms with Gasteiger partial charge in [0.25, 0.3) is 0 Å². The summed E-state index contributed by atoms with van der Waals surface area (Å²) in [7, 11) is 0. The summed E-state index contributed by atoms with van der Waals surface area (Å²) in [5, 5.41) is 0. The van der Waals surface area contributed by atoms with Crippen molar-refractivity contribution in [2.75, 3.05) is 13.2 Å². The summed E-state index contributed by atoms with van der Waals surface area (Å²) >= 11 is 0. The molecule has 0 saturated heterocycles. The van der Waals surface area contributed by atoms with Gasteiger partial charge in [0.2, 0.25) is 0 Å². The molecule has 6 heteroatoms. The minimum absolute atomic E-state index is 0.0835. The van der Waals surface area contributed by atoms with Gasteiger partial charge in [-0.05, 0) is 70.6 Å². The fourth-order valence-electron chi connectivity index (χ4n) is 9.28. The highest BCUT2D eigenvalue weighted by molar-refractivity contribution is 5.71. The molecule has 0 aliphatic heterocycles. The van der Waals surface area contributed by atoms with E-state index < -0.39 is 6.10 Å². The SMILES string of the molecule is CCCCC\C=C/C=C\C=C/C=C\CCCCCCCC(=O)OC(COC(=O)CCCCCCC/C=C\CCCCCCCCCCC)COC(=O)CCCCCCCCCCCCCCCCCCCCC. The van der Waals surface area contributed by atoms with Crippen LogP contribution in [0.1, 0.15) is 329 Å². The summed E-state index contributed by atoms with van der Waals surface area (Å²) in [6.07, 6.45) is 77.9. The molecule has 0 bridgehead atoms. The van der Waals surface area contributed by atoms with E-state index in [1.807, 2.05) is 0 Å². The maximum Gasteiger partial charge on any atom is 0.306 e. The highest BCUT2D eigenvalue weighted by Gasteiger charge is 2.19. The van der Waals surface area contributed by atoms with Crippen LogP contribution in [0.5, 0.6) is 0 Å². The molecular weight excluding hydrogens is 901 g/mol. The average Bonchev–Trinajstić information content (AvgIpc) is 3.39. The quantitative estimate of drug-likeness (QED) is 0.0199. The van der Waals surface area contributed by atoms with Gasteiger partial charge in [0.05, 0.1) is 0 Å². The van der Waals surface area contributed by atoms with Crippen molar-refractivity contribution in [3.63, 3.8) is 0 Å². The van der Waals surface area contributed by atoms with Crippen LogP contribution in [0.2, 0.25) is 0 Å². The fraction of sp³-hybridized carbons (Fsp3) is 0.806. The van der Waals surface area contributed by atoms with Crippen LogP contribution in [0.25, 0.3) is 0 Å². The molecule has 0 aliphatic rings. The molecule has 0 aliphatic carbocycles. The molecule has 1 atom stereocenters. The summed E-state index contributed by atoms with van der Waals surface area (Å²) in [5.74, 6) is -0.896. The molecule has 0 aromatic carbocycles. The van der Waals surface area contributed by atoms with Crippen molar-refractivity contribution in [1.82, 2.24) is 0 Å². The topological polar surface area (TPSA) is 78.9 Å². The van der Waals surface area contributed by atoms with E-state index in [1.54, 1.807) is 0 Å². The molecule has 0 aromatic rings. The van der Waals surface area contributed by atoms with E-state index >= 15 is 0 Å². The second kappa shape index (κ2) is 61.7. The Morgan fingerprint density at radius 2 is 0.507 bits per heavy atom. The smallest absolute Gasteiger partial charge is 0.306 e. The minimum atomic E-state index is -0.790. The minimum Gasteiger partial charge on any atom is -0.462 e. The second-order valence-corrected chi connectivity index (χ2v) is 21.4. The maximum absolute atomic E-state index is 12.9. The van der Waals surface area contributed by atoms with Crippen molar-refractivity contribution < 1.29 is 28.6 Å². The predicted molar refractivity (Wildman–Crippen MR) is 316 cm³/mol. The van der Waals surface area contributed by atoms with E-state index in [0.29, 0.717) is 19.3 Å². The van der Waals surface area contributed by atoms with E-state index in [9.17, 15) is 14.4 Å². The molecule has 424 valence electrons. The summed E-state index contributed by atoms with van der Waals surface area (Å²) in [4.78, 5) is 38.3. The second-order valence-electron chi connectivity index (χ2n) is 21.4. The number of esters is 3. The predicted octanol–water partition coefficient (Wildman–Crippen LogP) is 21.6. The zero-order valence-corrected chi connectivity index (χ0v) is 48.7. The Morgan fingerprint density at radius 1 is 0.274 bits per heavy atom. The Morgan fingerprint density at radius 3 is 0.836 bits per heavy atom. The Hall–Kier alpha value is -2.89. The molecule has 0 saturated carbocycles. The Kier molecular flexibility index (Phi) is 59.2. The third-order valence-electron chi connectivity index (χ3n) is 14.1. The number of carbonyl (C=O) groups excluding carboxylic acids is 3. The Bertz CT molecular complexity index is 1310. The fourth-order valence-corrected chi connectivity index (χ4v) is 9.28. The van der Waals surface area contributed by atoms with Gasteiger partial charge < -0.3 is 14.2 Å². The number of allylic oxidation sites excluding steroid dienone is 10. The third-order valence-corrected chi connectivity index (χ3v) is 14.1. The first kappa shape index (κ1) is 70.1. The van der Waals surface area contributed by atoms with Crippen LogP contribution in [-0.2, 0) is 28.6 Å². The van der Waals surface area contributed by atoms with Gasteiger partial charge >= 0.3 is 17.9 Å². The first-order valence-corrected chi connectivity index (χ1v) is 31.8. The lowest BCUT2D eigenvalue weighted by molar-refractivity contribution is -0.167. The zero-order chi connectivity index (χ0) is 52.9. The normalized spacial score (nSPS) is 12.4. The van der Waals surface area contributed by atoms with E-state index in [4.69, 9.17) is 14.2 Å². The van der Waals surface area contributed by atoms with Gasteiger partial charge in [0.1, 0.15) is 13.2 Å². The van der Waals surface area contributed by atoms with Crippen molar-refractivity contribution in [2.24, 2.45) is 0 Å². The first-order valence-electron chi connectivity index (χ1n) is 31.8. The lowest BCUT2D eigenvalue weighted by Crippen LogP contribution is -2.30. The van der Waals surface area contributed by atoms with Crippen molar-refractivity contribution in [3.8, 4) is 0 Å². The molecule has 0 rings (SSSR count). The van der Waals surface area contributed by atoms with Crippen LogP contribution < -0.4 is 0 Å². The number of unbranched alkanes of at least 4 members (excludes halogenated alkanes) is 40. The molecule has 73 heavy (non-hydrogen) atoms. The Balaban J connectivity index is 4.40. The molecular formula is C67H120O6. The van der Waals surface area contributed by atoms with E-state index in [2.05, 4.69) is 81.5 Å². The molecule has 0 radical (unpaired) electrons. The maximum atomic E-state index is 12.9. The zero-order valence-electron chi connectivity index (χ0n) is 48.7. The van der Waals surface area contributed by atoms with Crippen LogP contribution in [-0.4, -0.2) is 37.2 Å². The van der Waals surface area contributed by atoms with Gasteiger partial charge in [-0.1, -0.05) is 300 Å². The van der Waals surface area contributed by atoms with Gasteiger partial charge in [0, 0.05) is 19.3 Å². The van der Waals surface area contributed by atoms with Crippen LogP contribution in [0, 0.1) is 0 Å². The first-order chi connectivity index (χ1) is 36.0. The van der Waals surface area contributed by atoms with E-state index in [-0.39, 0.29) is 31.1 Å². The number of rotatable bonds is 58. The van der Waals surface area contributed by atoms with E-state index in [1.165, 1.54) is 199 Å². The standard InChI is InChI=1S/C67H120O6/c1-4-7-10-13-16-19-22-25-28-31-34-37-39-42-45-48-51-54-57-60-66(69)72-63-64(73-67(70)61-58-55-52-49-46-43-40-36-33-30-27-24-21-18-15-12-9-6-3)62-71-65(68)59-56-53-50-47-44-41-38-35-32-29-26-23-20-17-14-11-8-5-2/h18,21,24,27,30,33,35-36,38,40,64H,4-17,19-20,22-23,25-26,28-29,31-32,34,37,39,41-63H2,1-3H3/b21-18-,27-24-,33-30-,38-35-,40-36-. The lowest BCUT2D eigenvalue weighted by Gasteiger charge is -2.18. The lowest BCUT2D eigenvalue weighted by atomic mass is 10.0. The molecule has 0 fully saturated rings. The molecule has 0 spiro atoms. The van der Waals surface area contributed by atoms with Crippen molar-refractivity contribution in [1.29, 1.82) is 0 Å². The third kappa shape index (κ3) is 59.9. The monoisotopic (exact) mass is 1020 g/mol. The number of hydrogen-bond acceptors (Lipinski definition) is 6. The highest BCUT2D eigenvalue weighted by atomic mass is 16.6. The number of ether oxygens (including phenoxy) is 3. The summed E-state index contributed by atoms with van der Waals surface area (Å²) in [5.41, 5.74) is 0. The Labute approximate surface area is 453 Å². The average molecular weight is 1020 g/mol. The van der Waals surface area contributed by atoms with Gasteiger partial charge in [-0.2, -0.15) is 0 Å². The summed E-state index contributed by atoms with van der Waals surface area (Å²) < 4.78 is 16.9. The molecule has 1 unspecified atom stereocenters. The van der Waals surface area contributed by atoms with Gasteiger partial charge in [0.15, 0.2) is 6.10 Å². The van der Waals surface area contributed by atoms with Crippen LogP contribution >= 0.6 is 0 Å². The van der Waals surface area contributed by atoms with Gasteiger partial charge in [-0.3, -0.25) is 14.4 Å². The summed E-state index contributed by atoms with van der Waals surface area (Å²) in [6, 6.07) is 0. The molecule has 0 aromatic heterocycles. The largest absolute Gasteiger partial charge is 0.462 e. The molecule has 0 heterocycles. The number of carbonyl (C=O) groups is 3. The highest BCUT2D eigenvalue weighted by Crippen LogP contribution is 2.17. The van der Waals surface area contributed by atoms with Gasteiger partial charge in [-0.15, -0.1) is 0 Å². The van der Waals surface area contributed by atoms with Gasteiger partial charge in [-0.25, -0.2) is 0 Å². The molecule has 0 N–H and O–H groups in total. The van der Waals surface area contributed by atoms with Crippen molar-refractivity contribution in [3.05, 3.63) is 60.8 Å². The molecule has 0 amide bonds. The van der Waals surface area contributed by atoms with Crippen LogP contribution in [0.15, 0.2) is 60.8 Å². The number of hydrogen-bond donors (Lipinski definition) is 0.